The van der Waals surface area contributed by atoms with Gasteiger partial charge in [-0.25, -0.2) is 4.79 Å². The van der Waals surface area contributed by atoms with Crippen LogP contribution in [0.1, 0.15) is 19.8 Å². The Morgan fingerprint density at radius 3 is 3.00 bits per heavy atom. The number of fused-ring (bicyclic) bond motifs is 1. The average Bonchev–Trinajstić information content (AvgIpc) is 2.54. The molecular weight excluding hydrogens is 302 g/mol. The number of nitrogens with zero attached hydrogens (tertiary/aromatic N) is 1. The van der Waals surface area contributed by atoms with Crippen molar-refractivity contribution < 1.29 is 14.3 Å². The molecule has 0 amide bonds. The number of pyridine rings is 1. The van der Waals surface area contributed by atoms with Gasteiger partial charge in [0.1, 0.15) is 11.3 Å². The topological polar surface area (TPSA) is 48.4 Å². The molecule has 2 aromatic rings. The van der Waals surface area contributed by atoms with Crippen molar-refractivity contribution in [3.05, 3.63) is 35.5 Å². The minimum Gasteiger partial charge on any atom is -0.480 e. The van der Waals surface area contributed by atoms with Crippen molar-refractivity contribution in [2.45, 2.75) is 25.9 Å². The third kappa shape index (κ3) is 3.90. The first-order valence-electron chi connectivity index (χ1n) is 6.97. The summed E-state index contributed by atoms with van der Waals surface area (Å²) in [6.45, 7) is 1.75. The van der Waals surface area contributed by atoms with E-state index in [4.69, 9.17) is 27.5 Å². The van der Waals surface area contributed by atoms with Crippen LogP contribution in [0.4, 0.5) is 0 Å². The summed E-state index contributed by atoms with van der Waals surface area (Å²) in [5.74, 6) is 2.41. The second kappa shape index (κ2) is 7.67. The number of aromatic nitrogens is 1. The molecule has 0 radical (unpaired) electrons. The van der Waals surface area contributed by atoms with Gasteiger partial charge in [0, 0.05) is 11.6 Å². The monoisotopic (exact) mass is 317 g/mol. The van der Waals surface area contributed by atoms with E-state index in [1.807, 2.05) is 13.0 Å². The molecule has 4 nitrogen and oxygen atoms in total. The van der Waals surface area contributed by atoms with Crippen LogP contribution in [0.5, 0.6) is 5.75 Å². The van der Waals surface area contributed by atoms with E-state index in [9.17, 15) is 4.79 Å². The minimum absolute atomic E-state index is 0.227. The first kappa shape index (κ1) is 16.1. The summed E-state index contributed by atoms with van der Waals surface area (Å²) in [7, 11) is 0. The lowest BCUT2D eigenvalue weighted by Gasteiger charge is -2.12. The van der Waals surface area contributed by atoms with E-state index < -0.39 is 12.1 Å². The van der Waals surface area contributed by atoms with Crippen molar-refractivity contribution in [3.8, 4) is 18.1 Å². The number of esters is 1. The molecule has 22 heavy (non-hydrogen) atoms. The lowest BCUT2D eigenvalue weighted by molar-refractivity contribution is -0.149. The Hall–Kier alpha value is -2.25. The minimum atomic E-state index is -0.513. The molecular formula is C17H16ClNO3. The molecule has 1 aromatic carbocycles. The summed E-state index contributed by atoms with van der Waals surface area (Å²) in [6.07, 6.45) is 7.91. The predicted molar refractivity (Wildman–Crippen MR) is 85.9 cm³/mol. The van der Waals surface area contributed by atoms with Gasteiger partial charge in [0.25, 0.3) is 0 Å². The molecule has 2 rings (SSSR count). The van der Waals surface area contributed by atoms with Crippen LogP contribution in [0.25, 0.3) is 10.9 Å². The molecule has 0 aliphatic heterocycles. The van der Waals surface area contributed by atoms with E-state index in [-0.39, 0.29) is 6.61 Å². The maximum Gasteiger partial charge on any atom is 0.345 e. The van der Waals surface area contributed by atoms with Crippen LogP contribution in [0, 0.1) is 12.3 Å². The molecule has 0 fully saturated rings. The highest BCUT2D eigenvalue weighted by Gasteiger charge is 2.13. The summed E-state index contributed by atoms with van der Waals surface area (Å²) in [4.78, 5) is 16.0. The maximum atomic E-state index is 11.8. The molecule has 5 heteroatoms. The number of carbonyl (C=O) groups is 1. The second-order valence-corrected chi connectivity index (χ2v) is 5.07. The predicted octanol–water partition coefficient (Wildman–Crippen LogP) is 3.61. The van der Waals surface area contributed by atoms with Gasteiger partial charge in [-0.2, -0.15) is 0 Å². The number of ether oxygens (including phenoxy) is 2. The number of hydrogen-bond acceptors (Lipinski definition) is 4. The standard InChI is InChI=1S/C17H16ClNO3/c1-3-6-12(4-2)22-16(20)11-21-15-9-8-14(18)13-7-5-10-19-17(13)15/h2,5,7-10,12H,3,6,11H2,1H3. The van der Waals surface area contributed by atoms with Crippen LogP contribution in [-0.2, 0) is 9.53 Å². The van der Waals surface area contributed by atoms with E-state index in [1.165, 1.54) is 0 Å². The van der Waals surface area contributed by atoms with Crippen LogP contribution < -0.4 is 4.74 Å². The molecule has 1 aromatic heterocycles. The van der Waals surface area contributed by atoms with Gasteiger partial charge in [-0.15, -0.1) is 6.42 Å². The highest BCUT2D eigenvalue weighted by molar-refractivity contribution is 6.35. The van der Waals surface area contributed by atoms with Gasteiger partial charge >= 0.3 is 5.97 Å². The molecule has 0 saturated heterocycles. The van der Waals surface area contributed by atoms with E-state index in [0.29, 0.717) is 22.7 Å². The van der Waals surface area contributed by atoms with Crippen LogP contribution in [0.15, 0.2) is 30.5 Å². The van der Waals surface area contributed by atoms with Gasteiger partial charge in [-0.3, -0.25) is 4.98 Å². The maximum absolute atomic E-state index is 11.8. The average molecular weight is 318 g/mol. The molecule has 1 unspecified atom stereocenters. The normalized spacial score (nSPS) is 11.7. The highest BCUT2D eigenvalue weighted by Crippen LogP contribution is 2.29. The fourth-order valence-electron chi connectivity index (χ4n) is 2.00. The van der Waals surface area contributed by atoms with E-state index >= 15 is 0 Å². The van der Waals surface area contributed by atoms with Crippen LogP contribution in [-0.4, -0.2) is 23.7 Å². The van der Waals surface area contributed by atoms with Crippen molar-refractivity contribution in [3.63, 3.8) is 0 Å². The van der Waals surface area contributed by atoms with E-state index in [2.05, 4.69) is 10.9 Å². The summed E-state index contributed by atoms with van der Waals surface area (Å²) in [5.41, 5.74) is 0.602. The zero-order valence-corrected chi connectivity index (χ0v) is 13.0. The summed E-state index contributed by atoms with van der Waals surface area (Å²) in [6, 6.07) is 7.00. The van der Waals surface area contributed by atoms with Crippen LogP contribution in [0.3, 0.4) is 0 Å². The number of terminal acetylenes is 1. The zero-order chi connectivity index (χ0) is 15.9. The van der Waals surface area contributed by atoms with Gasteiger partial charge in [0.15, 0.2) is 12.7 Å². The smallest absolute Gasteiger partial charge is 0.345 e. The Morgan fingerprint density at radius 1 is 1.45 bits per heavy atom. The van der Waals surface area contributed by atoms with Gasteiger partial charge in [-0.1, -0.05) is 30.9 Å². The Morgan fingerprint density at radius 2 is 2.27 bits per heavy atom. The number of rotatable bonds is 6. The van der Waals surface area contributed by atoms with E-state index in [1.54, 1.807) is 24.4 Å². The summed E-state index contributed by atoms with van der Waals surface area (Å²) >= 11 is 6.10. The first-order chi connectivity index (χ1) is 10.7. The quantitative estimate of drug-likeness (QED) is 0.603. The molecule has 0 saturated carbocycles. The fourth-order valence-corrected chi connectivity index (χ4v) is 2.21. The lowest BCUT2D eigenvalue weighted by Crippen LogP contribution is -2.21. The number of halogens is 1. The van der Waals surface area contributed by atoms with Crippen LogP contribution >= 0.6 is 11.6 Å². The highest BCUT2D eigenvalue weighted by atomic mass is 35.5. The summed E-state index contributed by atoms with van der Waals surface area (Å²) < 4.78 is 10.6. The molecule has 1 heterocycles. The van der Waals surface area contributed by atoms with Crippen molar-refractivity contribution in [2.24, 2.45) is 0 Å². The van der Waals surface area contributed by atoms with Crippen molar-refractivity contribution >= 4 is 28.5 Å². The molecule has 0 aliphatic carbocycles. The first-order valence-corrected chi connectivity index (χ1v) is 7.35. The fraction of sp³-hybridized carbons (Fsp3) is 0.294. The number of benzene rings is 1. The van der Waals surface area contributed by atoms with Crippen molar-refractivity contribution in [1.29, 1.82) is 0 Å². The Balaban J connectivity index is 2.05. The van der Waals surface area contributed by atoms with Crippen molar-refractivity contribution in [1.82, 2.24) is 4.98 Å². The number of hydrogen-bond donors (Lipinski definition) is 0. The third-order valence-electron chi connectivity index (χ3n) is 3.04. The molecule has 0 bridgehead atoms. The zero-order valence-electron chi connectivity index (χ0n) is 12.2. The SMILES string of the molecule is C#CC(CCC)OC(=O)COc1ccc(Cl)c2cccnc12. The molecule has 114 valence electrons. The Bertz CT molecular complexity index is 709. The Kier molecular flexibility index (Phi) is 5.62. The van der Waals surface area contributed by atoms with Crippen molar-refractivity contribution in [2.75, 3.05) is 6.61 Å². The van der Waals surface area contributed by atoms with E-state index in [0.717, 1.165) is 11.8 Å². The van der Waals surface area contributed by atoms with Gasteiger partial charge in [-0.05, 0) is 30.7 Å². The molecule has 1 atom stereocenters. The molecule has 0 aliphatic rings. The second-order valence-electron chi connectivity index (χ2n) is 4.67. The van der Waals surface area contributed by atoms with Crippen LogP contribution in [0.2, 0.25) is 5.02 Å². The summed E-state index contributed by atoms with van der Waals surface area (Å²) in [5, 5.41) is 1.34. The van der Waals surface area contributed by atoms with Gasteiger partial charge < -0.3 is 9.47 Å². The number of carbonyl (C=O) groups excluding carboxylic acids is 1. The van der Waals surface area contributed by atoms with Gasteiger partial charge in [0.2, 0.25) is 0 Å². The third-order valence-corrected chi connectivity index (χ3v) is 3.37. The largest absolute Gasteiger partial charge is 0.480 e. The molecule has 0 spiro atoms. The lowest BCUT2D eigenvalue weighted by atomic mass is 10.2. The Labute approximate surface area is 134 Å². The van der Waals surface area contributed by atoms with Gasteiger partial charge in [0.05, 0.1) is 5.02 Å². The molecule has 0 N–H and O–H groups in total.